The van der Waals surface area contributed by atoms with Crippen molar-refractivity contribution in [3.05, 3.63) is 228 Å². The summed E-state index contributed by atoms with van der Waals surface area (Å²) in [5, 5.41) is 2.32. The van der Waals surface area contributed by atoms with Crippen LogP contribution in [0.2, 0.25) is 0 Å². The van der Waals surface area contributed by atoms with Gasteiger partial charge in [0.2, 0.25) is 0 Å². The molecule has 0 atom stereocenters. The summed E-state index contributed by atoms with van der Waals surface area (Å²) in [4.78, 5) is 10.0. The number of anilines is 4. The van der Waals surface area contributed by atoms with Crippen LogP contribution in [0, 0.1) is 0 Å². The lowest BCUT2D eigenvalue weighted by atomic mass is 9.78. The second-order valence-corrected chi connectivity index (χ2v) is 23.9. The maximum atomic E-state index is 7.14. The monoisotopic (exact) mass is 969 g/mol. The molecule has 2 aromatic heterocycles. The van der Waals surface area contributed by atoms with Gasteiger partial charge in [0, 0.05) is 45.9 Å². The third-order valence-corrected chi connectivity index (χ3v) is 15.2. The predicted octanol–water partition coefficient (Wildman–Crippen LogP) is 18.8. The van der Waals surface area contributed by atoms with Crippen molar-refractivity contribution < 1.29 is 4.74 Å². The van der Waals surface area contributed by atoms with Gasteiger partial charge in [-0.3, -0.25) is 4.57 Å². The van der Waals surface area contributed by atoms with Crippen molar-refractivity contribution >= 4 is 44.6 Å². The number of fused-ring (bicyclic) bond motifs is 4. The highest BCUT2D eigenvalue weighted by Crippen LogP contribution is 2.50. The van der Waals surface area contributed by atoms with Crippen LogP contribution in [0.15, 0.2) is 200 Å². The van der Waals surface area contributed by atoms with Crippen molar-refractivity contribution in [1.82, 2.24) is 9.55 Å². The summed E-state index contributed by atoms with van der Waals surface area (Å²) in [5.41, 5.74) is 17.3. The van der Waals surface area contributed by atoms with E-state index in [0.717, 1.165) is 45.1 Å². The minimum atomic E-state index is -0.229. The topological polar surface area (TPSA) is 33.5 Å². The van der Waals surface area contributed by atoms with E-state index in [0.29, 0.717) is 6.67 Å². The van der Waals surface area contributed by atoms with Gasteiger partial charge >= 0.3 is 0 Å². The number of nitrogens with zero attached hydrogens (tertiary/aromatic N) is 4. The number of aromatic nitrogens is 2. The Morgan fingerprint density at radius 2 is 0.986 bits per heavy atom. The zero-order valence-electron chi connectivity index (χ0n) is 45.0. The second kappa shape index (κ2) is 18.2. The van der Waals surface area contributed by atoms with Crippen LogP contribution in [-0.4, -0.2) is 16.2 Å². The fourth-order valence-electron chi connectivity index (χ4n) is 10.6. The Hall–Kier alpha value is -7.89. The summed E-state index contributed by atoms with van der Waals surface area (Å²) in [6, 6.07) is 71.1. The van der Waals surface area contributed by atoms with Gasteiger partial charge < -0.3 is 14.5 Å². The summed E-state index contributed by atoms with van der Waals surface area (Å²) in [6.07, 6.45) is 1.94. The standard InChI is InChI=1S/C69H68N4O/c1-66(2,3)51-33-34-70-65(42-51)73-61-31-27-48(46-21-15-12-16-22-46)37-60(61)59-30-29-57(44-63(59)73)74-58-40-54(68(7,8)9)39-56(43-58)71-45-72(55-36-49(47-23-17-13-18-24-47)35-53(38-55)67(4,5)6)64-41-52(28-32-62(64)71)69(10,11)50-25-19-14-20-26-50/h12-44H,45H2,1-11H3. The molecular formula is C69H68N4O. The minimum Gasteiger partial charge on any atom is -0.457 e. The van der Waals surface area contributed by atoms with E-state index in [-0.39, 0.29) is 21.7 Å². The summed E-state index contributed by atoms with van der Waals surface area (Å²) in [7, 11) is 0. The Bertz CT molecular complexity index is 3700. The van der Waals surface area contributed by atoms with Crippen molar-refractivity contribution in [2.75, 3.05) is 16.5 Å². The number of pyridine rings is 1. The first-order valence-electron chi connectivity index (χ1n) is 26.2. The van der Waals surface area contributed by atoms with Gasteiger partial charge in [-0.1, -0.05) is 185 Å². The third kappa shape index (κ3) is 9.14. The van der Waals surface area contributed by atoms with Gasteiger partial charge in [-0.2, -0.15) is 0 Å². The van der Waals surface area contributed by atoms with Gasteiger partial charge in [0.1, 0.15) is 24.0 Å². The lowest BCUT2D eigenvalue weighted by molar-refractivity contribution is 0.479. The third-order valence-electron chi connectivity index (χ3n) is 15.2. The molecule has 1 aliphatic heterocycles. The molecule has 0 fully saturated rings. The largest absolute Gasteiger partial charge is 0.457 e. The highest BCUT2D eigenvalue weighted by molar-refractivity contribution is 6.10. The van der Waals surface area contributed by atoms with Crippen molar-refractivity contribution in [3.63, 3.8) is 0 Å². The molecule has 1 aliphatic rings. The molecule has 5 heteroatoms. The Morgan fingerprint density at radius 3 is 1.65 bits per heavy atom. The normalized spacial score (nSPS) is 13.2. The van der Waals surface area contributed by atoms with Crippen molar-refractivity contribution in [2.24, 2.45) is 0 Å². The van der Waals surface area contributed by atoms with Crippen LogP contribution in [0.3, 0.4) is 0 Å². The first-order valence-corrected chi connectivity index (χ1v) is 26.2. The van der Waals surface area contributed by atoms with Crippen LogP contribution < -0.4 is 14.5 Å². The highest BCUT2D eigenvalue weighted by Gasteiger charge is 2.34. The summed E-state index contributed by atoms with van der Waals surface area (Å²) in [5.74, 6) is 2.43. The quantitative estimate of drug-likeness (QED) is 0.144. The maximum Gasteiger partial charge on any atom is 0.137 e. The van der Waals surface area contributed by atoms with Gasteiger partial charge in [0.15, 0.2) is 0 Å². The molecule has 0 saturated carbocycles. The molecule has 0 spiro atoms. The molecule has 5 nitrogen and oxygen atoms in total. The van der Waals surface area contributed by atoms with Crippen LogP contribution in [0.1, 0.15) is 104 Å². The molecule has 10 aromatic rings. The van der Waals surface area contributed by atoms with E-state index in [9.17, 15) is 0 Å². The van der Waals surface area contributed by atoms with Crippen LogP contribution in [0.4, 0.5) is 22.7 Å². The fourth-order valence-corrected chi connectivity index (χ4v) is 10.6. The lowest BCUT2D eigenvalue weighted by Gasteiger charge is -2.28. The molecule has 0 saturated heterocycles. The van der Waals surface area contributed by atoms with Gasteiger partial charge in [0.05, 0.1) is 22.4 Å². The van der Waals surface area contributed by atoms with Crippen molar-refractivity contribution in [2.45, 2.75) is 97.8 Å². The van der Waals surface area contributed by atoms with E-state index in [1.807, 2.05) is 6.20 Å². The SMILES string of the molecule is CC(C)(C)c1cc(Oc2ccc3c4cc(-c5ccccc5)ccc4n(-c4cc(C(C)(C)C)ccn4)c3c2)cc(N2CN(c3cc(-c4ccccc4)cc(C(C)(C)C)c3)c3cc(C(C)(C)c4ccccc4)ccc32)c1. The van der Waals surface area contributed by atoms with E-state index < -0.39 is 0 Å². The zero-order chi connectivity index (χ0) is 51.7. The van der Waals surface area contributed by atoms with Gasteiger partial charge in [0.25, 0.3) is 0 Å². The number of hydrogen-bond donors (Lipinski definition) is 0. The smallest absolute Gasteiger partial charge is 0.137 e. The van der Waals surface area contributed by atoms with E-state index >= 15 is 0 Å². The maximum absolute atomic E-state index is 7.14. The lowest BCUT2D eigenvalue weighted by Crippen LogP contribution is -2.25. The van der Waals surface area contributed by atoms with E-state index in [1.165, 1.54) is 66.8 Å². The average Bonchev–Trinajstić information content (AvgIpc) is 3.94. The number of rotatable bonds is 9. The first kappa shape index (κ1) is 48.4. The number of ether oxygens (including phenoxy) is 1. The second-order valence-electron chi connectivity index (χ2n) is 23.9. The molecule has 8 aromatic carbocycles. The zero-order valence-corrected chi connectivity index (χ0v) is 45.0. The van der Waals surface area contributed by atoms with Crippen molar-refractivity contribution in [3.8, 4) is 39.6 Å². The minimum absolute atomic E-state index is 0.0452. The molecule has 0 bridgehead atoms. The molecule has 11 rings (SSSR count). The van der Waals surface area contributed by atoms with E-state index in [2.05, 4.69) is 285 Å². The van der Waals surface area contributed by atoms with E-state index in [1.54, 1.807) is 0 Å². The Kier molecular flexibility index (Phi) is 11.9. The molecule has 370 valence electrons. The summed E-state index contributed by atoms with van der Waals surface area (Å²) < 4.78 is 9.44. The molecule has 0 unspecified atom stereocenters. The first-order chi connectivity index (χ1) is 35.3. The van der Waals surface area contributed by atoms with Gasteiger partial charge in [-0.15, -0.1) is 0 Å². The molecule has 0 N–H and O–H groups in total. The van der Waals surface area contributed by atoms with Crippen LogP contribution in [0.5, 0.6) is 11.5 Å². The Morgan fingerprint density at radius 1 is 0.378 bits per heavy atom. The number of benzene rings is 8. The summed E-state index contributed by atoms with van der Waals surface area (Å²) in [6.45, 7) is 25.9. The fraction of sp³-hybridized carbons (Fsp3) is 0.232. The molecule has 0 radical (unpaired) electrons. The molecule has 3 heterocycles. The van der Waals surface area contributed by atoms with Gasteiger partial charge in [-0.05, 0) is 139 Å². The number of hydrogen-bond acceptors (Lipinski definition) is 4. The molecule has 0 aliphatic carbocycles. The van der Waals surface area contributed by atoms with Crippen LogP contribution in [-0.2, 0) is 21.7 Å². The van der Waals surface area contributed by atoms with Crippen LogP contribution >= 0.6 is 0 Å². The van der Waals surface area contributed by atoms with Crippen LogP contribution in [0.25, 0.3) is 49.9 Å². The Labute approximate surface area is 438 Å². The Balaban J connectivity index is 1.05. The highest BCUT2D eigenvalue weighted by atomic mass is 16.5. The van der Waals surface area contributed by atoms with Crippen molar-refractivity contribution in [1.29, 1.82) is 0 Å². The molecule has 74 heavy (non-hydrogen) atoms. The average molecular weight is 969 g/mol. The predicted molar refractivity (Wildman–Crippen MR) is 313 cm³/mol. The van der Waals surface area contributed by atoms with E-state index in [4.69, 9.17) is 9.72 Å². The van der Waals surface area contributed by atoms with Gasteiger partial charge in [-0.25, -0.2) is 4.98 Å². The summed E-state index contributed by atoms with van der Waals surface area (Å²) >= 11 is 0. The molecule has 0 amide bonds. The molecular weight excluding hydrogens is 901 g/mol.